The Hall–Kier alpha value is -3.60. The van der Waals surface area contributed by atoms with E-state index in [-0.39, 0.29) is 11.4 Å². The van der Waals surface area contributed by atoms with Gasteiger partial charge in [0.1, 0.15) is 17.6 Å². The first-order valence-corrected chi connectivity index (χ1v) is 11.0. The van der Waals surface area contributed by atoms with Crippen molar-refractivity contribution in [2.75, 3.05) is 11.5 Å². The van der Waals surface area contributed by atoms with Gasteiger partial charge in [-0.2, -0.15) is 10.4 Å². The van der Waals surface area contributed by atoms with E-state index in [1.807, 2.05) is 31.3 Å². The normalized spacial score (nSPS) is 24.0. The molecule has 2 unspecified atom stereocenters. The lowest BCUT2D eigenvalue weighted by molar-refractivity contribution is -0.121. The third-order valence-corrected chi connectivity index (χ3v) is 6.52. The topological polar surface area (TPSA) is 95.5 Å². The van der Waals surface area contributed by atoms with Gasteiger partial charge >= 0.3 is 0 Å². The van der Waals surface area contributed by atoms with E-state index in [9.17, 15) is 10.1 Å². The fourth-order valence-electron chi connectivity index (χ4n) is 5.43. The van der Waals surface area contributed by atoms with E-state index >= 15 is 0 Å². The van der Waals surface area contributed by atoms with Gasteiger partial charge in [0.25, 0.3) is 0 Å². The van der Waals surface area contributed by atoms with Gasteiger partial charge in [-0.1, -0.05) is 0 Å². The highest BCUT2D eigenvalue weighted by atomic mass is 16.5. The van der Waals surface area contributed by atoms with E-state index in [1.54, 1.807) is 23.8 Å². The van der Waals surface area contributed by atoms with E-state index < -0.39 is 0 Å². The minimum Gasteiger partial charge on any atom is -0.492 e. The molecule has 1 aliphatic heterocycles. The van der Waals surface area contributed by atoms with Crippen LogP contribution in [0.1, 0.15) is 45.6 Å². The summed E-state index contributed by atoms with van der Waals surface area (Å²) in [5, 5.41) is 17.0. The molecule has 3 aromatic heterocycles. The number of fused-ring (bicyclic) bond motifs is 3. The minimum atomic E-state index is -0.142. The third kappa shape index (κ3) is 3.34. The first-order chi connectivity index (χ1) is 15.4. The van der Waals surface area contributed by atoms with Crippen LogP contribution in [-0.4, -0.2) is 44.7 Å². The summed E-state index contributed by atoms with van der Waals surface area (Å²) in [6.07, 6.45) is 8.20. The first-order valence-electron chi connectivity index (χ1n) is 11.0. The van der Waals surface area contributed by atoms with Crippen LogP contribution in [0.15, 0.2) is 36.8 Å². The molecular weight excluding hydrogens is 404 g/mol. The molecule has 2 aliphatic rings. The molecule has 4 heterocycles. The van der Waals surface area contributed by atoms with E-state index in [4.69, 9.17) is 9.72 Å². The summed E-state index contributed by atoms with van der Waals surface area (Å²) >= 11 is 0. The summed E-state index contributed by atoms with van der Waals surface area (Å²) in [5.74, 6) is 1.67. The number of nitrogens with one attached hydrogen (secondary N) is 1. The standard InChI is InChI=1S/C24H26N6O2/c1-4-32-20-8-21(23-17(11-25)13-27-29(23)14-20)16-5-6-22(26-12-16)30-18-7-19(30)10-24(3,9-18)28-15(2)31/h5-6,8,12-14,18-19H,4,7,9-10H2,1-3H3,(H,28,31). The fraction of sp³-hybridized carbons (Fsp3) is 0.417. The zero-order valence-electron chi connectivity index (χ0n) is 18.5. The average Bonchev–Trinajstić information content (AvgIpc) is 3.16. The molecular formula is C24H26N6O2. The van der Waals surface area contributed by atoms with Crippen LogP contribution in [0.25, 0.3) is 16.6 Å². The van der Waals surface area contributed by atoms with Crippen molar-refractivity contribution in [3.63, 3.8) is 0 Å². The Balaban J connectivity index is 1.44. The van der Waals surface area contributed by atoms with Crippen molar-refractivity contribution < 1.29 is 9.53 Å². The van der Waals surface area contributed by atoms with Gasteiger partial charge in [-0.3, -0.25) is 4.79 Å². The predicted molar refractivity (Wildman–Crippen MR) is 120 cm³/mol. The number of rotatable bonds is 5. The number of nitrogens with zero attached hydrogens (tertiary/aromatic N) is 5. The molecule has 164 valence electrons. The Kier molecular flexibility index (Phi) is 4.77. The maximum Gasteiger partial charge on any atom is 0.217 e. The number of piperidine rings is 1. The Morgan fingerprint density at radius 3 is 2.75 bits per heavy atom. The van der Waals surface area contributed by atoms with Gasteiger partial charge in [-0.15, -0.1) is 0 Å². The second kappa shape index (κ2) is 7.52. The minimum absolute atomic E-state index is 0.0278. The van der Waals surface area contributed by atoms with Crippen LogP contribution in [0.4, 0.5) is 5.82 Å². The lowest BCUT2D eigenvalue weighted by Gasteiger charge is -2.59. The molecule has 0 aromatic carbocycles. The quantitative estimate of drug-likeness (QED) is 0.667. The van der Waals surface area contributed by atoms with Crippen molar-refractivity contribution in [2.24, 2.45) is 0 Å². The van der Waals surface area contributed by atoms with Gasteiger partial charge < -0.3 is 15.0 Å². The summed E-state index contributed by atoms with van der Waals surface area (Å²) in [6, 6.07) is 9.02. The number of hydrogen-bond donors (Lipinski definition) is 1. The second-order valence-corrected chi connectivity index (χ2v) is 8.99. The molecule has 8 nitrogen and oxygen atoms in total. The number of ether oxygens (including phenoxy) is 1. The van der Waals surface area contributed by atoms with Crippen molar-refractivity contribution in [1.82, 2.24) is 19.9 Å². The Bertz CT molecular complexity index is 1210. The number of amides is 1. The lowest BCUT2D eigenvalue weighted by Crippen LogP contribution is -2.69. The molecule has 0 radical (unpaired) electrons. The zero-order valence-corrected chi connectivity index (χ0v) is 18.5. The molecule has 0 spiro atoms. The number of pyridine rings is 2. The maximum absolute atomic E-state index is 11.6. The van der Waals surface area contributed by atoms with E-state index in [0.29, 0.717) is 30.0 Å². The maximum atomic E-state index is 11.6. The SMILES string of the molecule is CCOc1cc(-c2ccc(N3C4CC3CC(C)(NC(C)=O)C4)nc2)c2c(C#N)cnn2c1. The number of hydrogen-bond acceptors (Lipinski definition) is 6. The lowest BCUT2D eigenvalue weighted by atomic mass is 9.69. The van der Waals surface area contributed by atoms with Crippen LogP contribution in [0.3, 0.4) is 0 Å². The van der Waals surface area contributed by atoms with Crippen LogP contribution in [-0.2, 0) is 4.79 Å². The van der Waals surface area contributed by atoms with Crippen molar-refractivity contribution in [1.29, 1.82) is 5.26 Å². The second-order valence-electron chi connectivity index (χ2n) is 8.99. The first kappa shape index (κ1) is 20.3. The summed E-state index contributed by atoms with van der Waals surface area (Å²) < 4.78 is 7.39. The molecule has 1 saturated carbocycles. The Labute approximate surface area is 186 Å². The summed E-state index contributed by atoms with van der Waals surface area (Å²) in [7, 11) is 0. The molecule has 3 aromatic rings. The molecule has 1 saturated heterocycles. The highest BCUT2D eigenvalue weighted by molar-refractivity contribution is 5.85. The zero-order chi connectivity index (χ0) is 22.5. The number of nitriles is 1. The summed E-state index contributed by atoms with van der Waals surface area (Å²) in [5.41, 5.74) is 2.90. The van der Waals surface area contributed by atoms with Crippen molar-refractivity contribution in [3.05, 3.63) is 42.4 Å². The molecule has 1 aliphatic carbocycles. The molecule has 2 atom stereocenters. The Morgan fingerprint density at radius 1 is 1.34 bits per heavy atom. The molecule has 32 heavy (non-hydrogen) atoms. The number of aromatic nitrogens is 3. The van der Waals surface area contributed by atoms with Gasteiger partial charge in [0.15, 0.2) is 0 Å². The molecule has 5 rings (SSSR count). The number of anilines is 1. The Morgan fingerprint density at radius 2 is 2.12 bits per heavy atom. The fourth-order valence-corrected chi connectivity index (χ4v) is 5.43. The molecule has 2 bridgehead atoms. The summed E-state index contributed by atoms with van der Waals surface area (Å²) in [6.45, 7) is 6.20. The van der Waals surface area contributed by atoms with Crippen LogP contribution in [0.5, 0.6) is 5.75 Å². The molecule has 1 N–H and O–H groups in total. The van der Waals surface area contributed by atoms with Gasteiger partial charge in [0, 0.05) is 41.9 Å². The van der Waals surface area contributed by atoms with Crippen LogP contribution >= 0.6 is 0 Å². The van der Waals surface area contributed by atoms with Gasteiger partial charge in [0.2, 0.25) is 5.91 Å². The number of carbonyl (C=O) groups is 1. The van der Waals surface area contributed by atoms with Crippen LogP contribution < -0.4 is 15.0 Å². The molecule has 1 amide bonds. The van der Waals surface area contributed by atoms with Crippen LogP contribution in [0, 0.1) is 11.3 Å². The van der Waals surface area contributed by atoms with Gasteiger partial charge in [0.05, 0.1) is 30.1 Å². The van der Waals surface area contributed by atoms with E-state index in [2.05, 4.69) is 28.3 Å². The number of carbonyl (C=O) groups excluding carboxylic acids is 1. The van der Waals surface area contributed by atoms with Crippen molar-refractivity contribution >= 4 is 17.2 Å². The highest BCUT2D eigenvalue weighted by Gasteiger charge is 2.50. The average molecular weight is 431 g/mol. The van der Waals surface area contributed by atoms with Crippen molar-refractivity contribution in [3.8, 4) is 22.9 Å². The van der Waals surface area contributed by atoms with Crippen LogP contribution in [0.2, 0.25) is 0 Å². The van der Waals surface area contributed by atoms with E-state index in [0.717, 1.165) is 41.7 Å². The van der Waals surface area contributed by atoms with Gasteiger partial charge in [-0.25, -0.2) is 9.50 Å². The predicted octanol–water partition coefficient (Wildman–Crippen LogP) is 3.30. The summed E-state index contributed by atoms with van der Waals surface area (Å²) in [4.78, 5) is 18.7. The largest absolute Gasteiger partial charge is 0.492 e. The smallest absolute Gasteiger partial charge is 0.217 e. The molecule has 2 fully saturated rings. The van der Waals surface area contributed by atoms with E-state index in [1.165, 1.54) is 0 Å². The van der Waals surface area contributed by atoms with Crippen molar-refractivity contribution in [2.45, 2.75) is 57.7 Å². The monoisotopic (exact) mass is 430 g/mol. The highest BCUT2D eigenvalue weighted by Crippen LogP contribution is 2.45. The molecule has 8 heteroatoms. The van der Waals surface area contributed by atoms with Gasteiger partial charge in [-0.05, 0) is 51.3 Å². The third-order valence-electron chi connectivity index (χ3n) is 6.52.